The Labute approximate surface area is 164 Å². The summed E-state index contributed by atoms with van der Waals surface area (Å²) in [5.41, 5.74) is 0. The molecule has 13 heavy (non-hydrogen) atoms. The van der Waals surface area contributed by atoms with Crippen molar-refractivity contribution < 1.29 is 125 Å². The van der Waals surface area contributed by atoms with Gasteiger partial charge in [0.1, 0.15) is 0 Å². The molecular formula is C5H12K2O5S. The summed E-state index contributed by atoms with van der Waals surface area (Å²) in [4.78, 5) is 0. The summed E-state index contributed by atoms with van der Waals surface area (Å²) in [5, 5.41) is 8.24. The van der Waals surface area contributed by atoms with E-state index in [-0.39, 0.29) is 103 Å². The minimum absolute atomic E-state index is 0. The molecule has 1 N–H and O–H groups in total. The molecule has 0 aromatic heterocycles. The first-order valence-electron chi connectivity index (χ1n) is 3.05. The molecule has 8 heteroatoms. The average Bonchev–Trinajstić information content (AvgIpc) is 1.58. The van der Waals surface area contributed by atoms with E-state index in [1.165, 1.54) is 0 Å². The molecule has 70 valence electrons. The Kier molecular flexibility index (Phi) is 29.1. The summed E-state index contributed by atoms with van der Waals surface area (Å²) >= 11 is 0. The van der Waals surface area contributed by atoms with Gasteiger partial charge in [-0.3, -0.25) is 8.42 Å². The van der Waals surface area contributed by atoms with Crippen LogP contribution in [0.25, 0.3) is 0 Å². The summed E-state index contributed by atoms with van der Waals surface area (Å²) < 4.78 is 34.1. The van der Waals surface area contributed by atoms with Crippen LogP contribution in [0.15, 0.2) is 0 Å². The van der Waals surface area contributed by atoms with E-state index < -0.39 is 10.4 Å². The topological polar surface area (TPSA) is 100 Å². The predicted molar refractivity (Wildman–Crippen MR) is 37.0 cm³/mol. The zero-order valence-corrected chi connectivity index (χ0v) is 15.5. The quantitative estimate of drug-likeness (QED) is 0.303. The minimum Gasteiger partial charge on any atom is -0.759 e. The molecule has 0 aromatic rings. The predicted octanol–water partition coefficient (Wildman–Crippen LogP) is -6.31. The number of aliphatic hydroxyl groups is 1. The number of hydrogen-bond acceptors (Lipinski definition) is 5. The molecule has 0 aliphatic heterocycles. The van der Waals surface area contributed by atoms with Gasteiger partial charge in [0.25, 0.3) is 0 Å². The first-order valence-corrected chi connectivity index (χ1v) is 4.38. The first kappa shape index (κ1) is 25.1. The van der Waals surface area contributed by atoms with Crippen molar-refractivity contribution in [1.29, 1.82) is 0 Å². The molecule has 0 bridgehead atoms. The Bertz CT molecular complexity index is 160. The van der Waals surface area contributed by atoms with E-state index in [1.807, 2.05) is 0 Å². The van der Waals surface area contributed by atoms with Crippen molar-refractivity contribution in [3.05, 3.63) is 0 Å². The van der Waals surface area contributed by atoms with Crippen molar-refractivity contribution in [2.24, 2.45) is 5.92 Å². The zero-order valence-electron chi connectivity index (χ0n) is 8.48. The third-order valence-corrected chi connectivity index (χ3v) is 0.706. The van der Waals surface area contributed by atoms with Crippen molar-refractivity contribution in [3.63, 3.8) is 0 Å². The summed E-state index contributed by atoms with van der Waals surface area (Å²) in [6.45, 7) is 4.52. The van der Waals surface area contributed by atoms with Gasteiger partial charge < -0.3 is 14.2 Å². The normalized spacial score (nSPS) is 9.08. The van der Waals surface area contributed by atoms with Crippen LogP contribution in [0.2, 0.25) is 0 Å². The number of hydrogen-bond donors (Lipinski definition) is 1. The van der Waals surface area contributed by atoms with Gasteiger partial charge >= 0.3 is 103 Å². The largest absolute Gasteiger partial charge is 1.00 e. The van der Waals surface area contributed by atoms with Crippen molar-refractivity contribution in [2.45, 2.75) is 20.3 Å². The van der Waals surface area contributed by atoms with Gasteiger partial charge in [-0.1, -0.05) is 13.8 Å². The summed E-state index contributed by atoms with van der Waals surface area (Å²) in [7, 11) is -5.17. The van der Waals surface area contributed by atoms with Crippen LogP contribution in [-0.4, -0.2) is 29.2 Å². The Morgan fingerprint density at radius 2 is 1.46 bits per heavy atom. The Morgan fingerprint density at radius 3 is 1.46 bits per heavy atom. The third kappa shape index (κ3) is 69.6. The van der Waals surface area contributed by atoms with E-state index in [0.717, 1.165) is 6.42 Å². The van der Waals surface area contributed by atoms with Crippen LogP contribution in [0, 0.1) is 5.92 Å². The van der Waals surface area contributed by atoms with E-state index in [1.54, 1.807) is 0 Å². The second-order valence-electron chi connectivity index (χ2n) is 2.31. The van der Waals surface area contributed by atoms with Gasteiger partial charge in [0, 0.05) is 17.0 Å². The zero-order chi connectivity index (χ0) is 9.49. The average molecular weight is 262 g/mol. The maximum atomic E-state index is 8.52. The van der Waals surface area contributed by atoms with Gasteiger partial charge in [-0.05, 0) is 12.3 Å². The Balaban J connectivity index is -0.0000000546. The first-order chi connectivity index (χ1) is 4.77. The molecule has 0 fully saturated rings. The van der Waals surface area contributed by atoms with Crippen LogP contribution in [-0.2, 0) is 10.4 Å². The van der Waals surface area contributed by atoms with E-state index in [0.29, 0.717) is 12.5 Å². The summed E-state index contributed by atoms with van der Waals surface area (Å²) in [5.74, 6) is 0.648. The van der Waals surface area contributed by atoms with Crippen molar-refractivity contribution in [1.82, 2.24) is 0 Å². The fraction of sp³-hybridized carbons (Fsp3) is 1.00. The molecule has 0 unspecified atom stereocenters. The third-order valence-electron chi connectivity index (χ3n) is 0.706. The minimum atomic E-state index is -5.17. The molecule has 0 atom stereocenters. The van der Waals surface area contributed by atoms with Gasteiger partial charge in [0.05, 0.1) is 0 Å². The second kappa shape index (κ2) is 15.1. The van der Waals surface area contributed by atoms with E-state index in [4.69, 9.17) is 22.6 Å². The maximum Gasteiger partial charge on any atom is 1.00 e. The van der Waals surface area contributed by atoms with Crippen molar-refractivity contribution >= 4 is 10.4 Å². The van der Waals surface area contributed by atoms with E-state index in [9.17, 15) is 0 Å². The van der Waals surface area contributed by atoms with E-state index >= 15 is 0 Å². The molecule has 0 saturated heterocycles. The maximum absolute atomic E-state index is 8.52. The molecule has 0 spiro atoms. The Morgan fingerprint density at radius 1 is 1.23 bits per heavy atom. The molecule has 5 nitrogen and oxygen atoms in total. The SMILES string of the molecule is CC(C)CCO.O=S(=O)([O-])[O-].[K+].[K+]. The van der Waals surface area contributed by atoms with Crippen molar-refractivity contribution in [2.75, 3.05) is 6.61 Å². The summed E-state index contributed by atoms with van der Waals surface area (Å²) in [6, 6.07) is 0. The van der Waals surface area contributed by atoms with Gasteiger partial charge in [-0.25, -0.2) is 0 Å². The monoisotopic (exact) mass is 262 g/mol. The molecule has 0 aliphatic carbocycles. The summed E-state index contributed by atoms with van der Waals surface area (Å²) in [6.07, 6.45) is 0.931. The molecule has 0 saturated carbocycles. The second-order valence-corrected chi connectivity index (χ2v) is 3.13. The van der Waals surface area contributed by atoms with E-state index in [2.05, 4.69) is 13.8 Å². The molecule has 0 rings (SSSR count). The van der Waals surface area contributed by atoms with Crippen LogP contribution < -0.4 is 103 Å². The van der Waals surface area contributed by atoms with Gasteiger partial charge in [-0.2, -0.15) is 0 Å². The number of aliphatic hydroxyl groups excluding tert-OH is 1. The number of rotatable bonds is 2. The molecule has 0 radical (unpaired) electrons. The Hall–Kier alpha value is 3.10. The molecule has 0 aromatic carbocycles. The molecule has 0 aliphatic rings. The van der Waals surface area contributed by atoms with Gasteiger partial charge in [0.2, 0.25) is 0 Å². The van der Waals surface area contributed by atoms with Gasteiger partial charge in [0.15, 0.2) is 0 Å². The fourth-order valence-electron chi connectivity index (χ4n) is 0.258. The van der Waals surface area contributed by atoms with Crippen LogP contribution >= 0.6 is 0 Å². The molecule has 0 amide bonds. The molecular weight excluding hydrogens is 250 g/mol. The van der Waals surface area contributed by atoms with Crippen LogP contribution in [0.5, 0.6) is 0 Å². The van der Waals surface area contributed by atoms with Crippen LogP contribution in [0.4, 0.5) is 0 Å². The van der Waals surface area contributed by atoms with Crippen molar-refractivity contribution in [3.8, 4) is 0 Å². The smallest absolute Gasteiger partial charge is 0.759 e. The van der Waals surface area contributed by atoms with Gasteiger partial charge in [-0.15, -0.1) is 0 Å². The van der Waals surface area contributed by atoms with Crippen LogP contribution in [0.1, 0.15) is 20.3 Å². The molecule has 0 heterocycles. The van der Waals surface area contributed by atoms with Crippen LogP contribution in [0.3, 0.4) is 0 Å². The fourth-order valence-corrected chi connectivity index (χ4v) is 0.258. The standard InChI is InChI=1S/C5H12O.2K.H2O4S/c1-5(2)3-4-6;;;1-5(2,3)4/h5-6H,3-4H2,1-2H3;;;(H2,1,2,3,4)/q;2*+1;/p-2.